The molecule has 3 rings (SSSR count). The predicted molar refractivity (Wildman–Crippen MR) is 48.4 cm³/mol. The van der Waals surface area contributed by atoms with Gasteiger partial charge in [0.15, 0.2) is 0 Å². The average molecular weight is 180 g/mol. The fourth-order valence-electron chi connectivity index (χ4n) is 2.91. The third-order valence-corrected chi connectivity index (χ3v) is 3.69. The molecule has 0 bridgehead atoms. The third kappa shape index (κ3) is 1.52. The number of carbonyl (C=O) groups is 1. The van der Waals surface area contributed by atoms with Gasteiger partial charge in [-0.2, -0.15) is 0 Å². The first-order valence-electron chi connectivity index (χ1n) is 5.48. The van der Waals surface area contributed by atoms with Crippen molar-refractivity contribution in [2.24, 2.45) is 11.8 Å². The molecule has 72 valence electrons. The molecule has 3 atom stereocenters. The molecule has 13 heavy (non-hydrogen) atoms. The molecule has 0 aromatic heterocycles. The molecule has 3 aliphatic rings. The van der Waals surface area contributed by atoms with E-state index in [-0.39, 0.29) is 0 Å². The summed E-state index contributed by atoms with van der Waals surface area (Å²) < 4.78 is 5.88. The Morgan fingerprint density at radius 1 is 1.00 bits per heavy atom. The molecule has 3 fully saturated rings. The third-order valence-electron chi connectivity index (χ3n) is 3.69. The van der Waals surface area contributed by atoms with Gasteiger partial charge < -0.3 is 4.74 Å². The highest BCUT2D eigenvalue weighted by Crippen LogP contribution is 2.44. The van der Waals surface area contributed by atoms with Gasteiger partial charge in [-0.3, -0.25) is 4.79 Å². The van der Waals surface area contributed by atoms with E-state index in [1.54, 1.807) is 0 Å². The Morgan fingerprint density at radius 2 is 1.62 bits per heavy atom. The molecule has 2 nitrogen and oxygen atoms in total. The highest BCUT2D eigenvalue weighted by molar-refractivity contribution is 5.81. The van der Waals surface area contributed by atoms with Crippen LogP contribution in [0, 0.1) is 11.8 Å². The molecule has 0 aliphatic heterocycles. The van der Waals surface area contributed by atoms with Gasteiger partial charge in [-0.1, -0.05) is 0 Å². The van der Waals surface area contributed by atoms with Gasteiger partial charge in [0.1, 0.15) is 5.78 Å². The molecule has 0 radical (unpaired) electrons. The first-order chi connectivity index (χ1) is 6.31. The van der Waals surface area contributed by atoms with Crippen molar-refractivity contribution >= 4 is 5.78 Å². The van der Waals surface area contributed by atoms with Crippen LogP contribution in [0.3, 0.4) is 0 Å². The van der Waals surface area contributed by atoms with Gasteiger partial charge >= 0.3 is 0 Å². The molecule has 0 unspecified atom stereocenters. The Bertz CT molecular complexity index is 216. The zero-order chi connectivity index (χ0) is 8.84. The summed E-state index contributed by atoms with van der Waals surface area (Å²) in [6.07, 6.45) is 7.62. The maximum atomic E-state index is 11.2. The summed E-state index contributed by atoms with van der Waals surface area (Å²) in [4.78, 5) is 11.2. The molecular formula is C11H16O2. The zero-order valence-electron chi connectivity index (χ0n) is 7.87. The molecule has 0 spiro atoms. The maximum absolute atomic E-state index is 11.2. The minimum absolute atomic E-state index is 0.486. The van der Waals surface area contributed by atoms with Gasteiger partial charge in [-0.25, -0.2) is 0 Å². The number of Topliss-reactive ketones (excluding diaryl/α,β-unsaturated/α-hetero) is 1. The Morgan fingerprint density at radius 3 is 2.15 bits per heavy atom. The van der Waals surface area contributed by atoms with Gasteiger partial charge in [0.2, 0.25) is 0 Å². The van der Waals surface area contributed by atoms with Crippen LogP contribution in [-0.4, -0.2) is 18.0 Å². The van der Waals surface area contributed by atoms with E-state index < -0.39 is 0 Å². The van der Waals surface area contributed by atoms with E-state index in [1.807, 2.05) is 0 Å². The zero-order valence-corrected chi connectivity index (χ0v) is 7.87. The van der Waals surface area contributed by atoms with Crippen molar-refractivity contribution in [3.05, 3.63) is 0 Å². The summed E-state index contributed by atoms with van der Waals surface area (Å²) in [5.41, 5.74) is 0. The van der Waals surface area contributed by atoms with Crippen molar-refractivity contribution in [3.8, 4) is 0 Å². The summed E-state index contributed by atoms with van der Waals surface area (Å²) in [5, 5.41) is 0. The number of ether oxygens (including phenoxy) is 1. The minimum Gasteiger partial charge on any atom is -0.375 e. The fraction of sp³-hybridized carbons (Fsp3) is 0.909. The Hall–Kier alpha value is -0.370. The second kappa shape index (κ2) is 2.81. The Labute approximate surface area is 78.6 Å². The summed E-state index contributed by atoms with van der Waals surface area (Å²) >= 11 is 0. The van der Waals surface area contributed by atoms with E-state index in [1.165, 1.54) is 12.8 Å². The summed E-state index contributed by atoms with van der Waals surface area (Å²) in [6.45, 7) is 0. The molecule has 0 N–H and O–H groups in total. The second-order valence-electron chi connectivity index (χ2n) is 4.90. The van der Waals surface area contributed by atoms with Crippen LogP contribution >= 0.6 is 0 Å². The number of rotatable bonds is 2. The first-order valence-corrected chi connectivity index (χ1v) is 5.48. The molecular weight excluding hydrogens is 164 g/mol. The smallest absolute Gasteiger partial charge is 0.133 e. The standard InChI is InChI=1S/C11H16O2/c12-9-3-7-5-11(6-8(7)4-9)13-10-1-2-10/h7-8,10-11H,1-6H2/t7-,8+,11+. The topological polar surface area (TPSA) is 26.3 Å². The molecule has 0 heterocycles. The number of hydrogen-bond donors (Lipinski definition) is 0. The quantitative estimate of drug-likeness (QED) is 0.649. The Balaban J connectivity index is 1.57. The molecule has 2 heteroatoms. The Kier molecular flexibility index (Phi) is 1.72. The van der Waals surface area contributed by atoms with Crippen LogP contribution in [0.4, 0.5) is 0 Å². The van der Waals surface area contributed by atoms with Crippen molar-refractivity contribution in [1.82, 2.24) is 0 Å². The first kappa shape index (κ1) is 7.98. The van der Waals surface area contributed by atoms with Crippen LogP contribution in [0.5, 0.6) is 0 Å². The number of ketones is 1. The van der Waals surface area contributed by atoms with Crippen molar-refractivity contribution in [2.45, 2.75) is 50.7 Å². The minimum atomic E-state index is 0.486. The van der Waals surface area contributed by atoms with E-state index >= 15 is 0 Å². The molecule has 0 saturated heterocycles. The summed E-state index contributed by atoms with van der Waals surface area (Å²) in [5.74, 6) is 1.84. The lowest BCUT2D eigenvalue weighted by Gasteiger charge is -2.11. The molecule has 3 saturated carbocycles. The summed E-state index contributed by atoms with van der Waals surface area (Å²) in [6, 6.07) is 0. The van der Waals surface area contributed by atoms with Crippen LogP contribution in [0.2, 0.25) is 0 Å². The lowest BCUT2D eigenvalue weighted by Crippen LogP contribution is -2.11. The lowest BCUT2D eigenvalue weighted by atomic mass is 10.0. The molecule has 0 amide bonds. The van der Waals surface area contributed by atoms with Gasteiger partial charge in [0.25, 0.3) is 0 Å². The van der Waals surface area contributed by atoms with Gasteiger partial charge in [0, 0.05) is 12.8 Å². The van der Waals surface area contributed by atoms with E-state index in [9.17, 15) is 4.79 Å². The van der Waals surface area contributed by atoms with Gasteiger partial charge in [-0.15, -0.1) is 0 Å². The van der Waals surface area contributed by atoms with E-state index in [0.29, 0.717) is 29.8 Å². The highest BCUT2D eigenvalue weighted by atomic mass is 16.5. The molecule has 0 aromatic rings. The van der Waals surface area contributed by atoms with Crippen LogP contribution in [-0.2, 0) is 9.53 Å². The predicted octanol–water partition coefficient (Wildman–Crippen LogP) is 1.92. The van der Waals surface area contributed by atoms with Crippen LogP contribution in [0.1, 0.15) is 38.5 Å². The number of carbonyl (C=O) groups excluding carboxylic acids is 1. The van der Waals surface area contributed by atoms with Crippen molar-refractivity contribution in [1.29, 1.82) is 0 Å². The van der Waals surface area contributed by atoms with Gasteiger partial charge in [0.05, 0.1) is 12.2 Å². The maximum Gasteiger partial charge on any atom is 0.133 e. The van der Waals surface area contributed by atoms with Crippen LogP contribution in [0.15, 0.2) is 0 Å². The van der Waals surface area contributed by atoms with Crippen molar-refractivity contribution < 1.29 is 9.53 Å². The number of fused-ring (bicyclic) bond motifs is 1. The van der Waals surface area contributed by atoms with Crippen LogP contribution in [0.25, 0.3) is 0 Å². The highest BCUT2D eigenvalue weighted by Gasteiger charge is 2.42. The fourth-order valence-corrected chi connectivity index (χ4v) is 2.91. The lowest BCUT2D eigenvalue weighted by molar-refractivity contribution is -0.118. The second-order valence-corrected chi connectivity index (χ2v) is 4.90. The number of hydrogen-bond acceptors (Lipinski definition) is 2. The van der Waals surface area contributed by atoms with Crippen molar-refractivity contribution in [2.75, 3.05) is 0 Å². The average Bonchev–Trinajstić information content (AvgIpc) is 2.68. The monoisotopic (exact) mass is 180 g/mol. The van der Waals surface area contributed by atoms with E-state index in [2.05, 4.69) is 0 Å². The van der Waals surface area contributed by atoms with Gasteiger partial charge in [-0.05, 0) is 37.5 Å². The largest absolute Gasteiger partial charge is 0.375 e. The summed E-state index contributed by atoms with van der Waals surface area (Å²) in [7, 11) is 0. The van der Waals surface area contributed by atoms with E-state index in [0.717, 1.165) is 25.7 Å². The van der Waals surface area contributed by atoms with Crippen LogP contribution < -0.4 is 0 Å². The normalized spacial score (nSPS) is 44.0. The molecule has 3 aliphatic carbocycles. The van der Waals surface area contributed by atoms with Crippen molar-refractivity contribution in [3.63, 3.8) is 0 Å². The SMILES string of the molecule is O=C1C[C@@H]2C[C@H](OC3CC3)C[C@@H]2C1. The molecule has 0 aromatic carbocycles. The van der Waals surface area contributed by atoms with E-state index in [4.69, 9.17) is 4.74 Å².